The maximum absolute atomic E-state index is 11.8. The number of rotatable bonds is 4. The molecule has 1 amide bonds. The molecule has 1 fully saturated rings. The number of hydrogen-bond acceptors (Lipinski definition) is 3. The van der Waals surface area contributed by atoms with Gasteiger partial charge in [0.05, 0.1) is 0 Å². The van der Waals surface area contributed by atoms with Gasteiger partial charge in [-0.05, 0) is 18.4 Å². The van der Waals surface area contributed by atoms with Gasteiger partial charge in [0, 0.05) is 6.61 Å². The Bertz CT molecular complexity index is 426. The highest BCUT2D eigenvalue weighted by Gasteiger charge is 2.28. The van der Waals surface area contributed by atoms with Crippen molar-refractivity contribution in [1.82, 2.24) is 5.32 Å². The first-order valence-electron chi connectivity index (χ1n) is 5.88. The Hall–Kier alpha value is -1.88. The molecule has 0 bridgehead atoms. The van der Waals surface area contributed by atoms with Gasteiger partial charge in [-0.2, -0.15) is 0 Å². The maximum atomic E-state index is 11.8. The molecule has 0 spiro atoms. The Balaban J connectivity index is 2.07. The molecular weight excluding hydrogens is 234 g/mol. The maximum Gasteiger partial charge on any atom is 0.330 e. The summed E-state index contributed by atoms with van der Waals surface area (Å²) in [6.45, 7) is 0.557. The molecule has 2 N–H and O–H groups in total. The van der Waals surface area contributed by atoms with Gasteiger partial charge >= 0.3 is 5.97 Å². The molecule has 1 aliphatic rings. The Morgan fingerprint density at radius 1 is 1.33 bits per heavy atom. The van der Waals surface area contributed by atoms with Crippen molar-refractivity contribution >= 4 is 11.9 Å². The van der Waals surface area contributed by atoms with Crippen molar-refractivity contribution in [1.29, 1.82) is 0 Å². The van der Waals surface area contributed by atoms with Crippen LogP contribution in [0.5, 0.6) is 0 Å². The smallest absolute Gasteiger partial charge is 0.330 e. The summed E-state index contributed by atoms with van der Waals surface area (Å²) in [6, 6.07) is 7.60. The van der Waals surface area contributed by atoms with E-state index in [1.54, 1.807) is 30.3 Å². The van der Waals surface area contributed by atoms with Gasteiger partial charge in [0.25, 0.3) is 0 Å². The molecule has 18 heavy (non-hydrogen) atoms. The van der Waals surface area contributed by atoms with E-state index in [2.05, 4.69) is 5.32 Å². The molecule has 5 nitrogen and oxygen atoms in total. The Labute approximate surface area is 105 Å². The molecule has 0 saturated carbocycles. The van der Waals surface area contributed by atoms with Gasteiger partial charge in [-0.3, -0.25) is 4.79 Å². The molecule has 2 atom stereocenters. The second kappa shape index (κ2) is 5.64. The topological polar surface area (TPSA) is 75.6 Å². The standard InChI is InChI=1S/C13H15NO4/c15-12(10-7-4-8-18-10)14-11(13(16)17)9-5-2-1-3-6-9/h1-3,5-6,10-11H,4,7-8H2,(H,14,15)(H,16,17)/t10-,11+/m0/s1. The van der Waals surface area contributed by atoms with Crippen LogP contribution in [0, 0.1) is 0 Å². The van der Waals surface area contributed by atoms with E-state index in [1.807, 2.05) is 0 Å². The summed E-state index contributed by atoms with van der Waals surface area (Å²) in [4.78, 5) is 23.0. The molecule has 5 heteroatoms. The molecule has 1 saturated heterocycles. The fraction of sp³-hybridized carbons (Fsp3) is 0.385. The second-order valence-corrected chi connectivity index (χ2v) is 4.19. The van der Waals surface area contributed by atoms with Gasteiger partial charge < -0.3 is 15.2 Å². The third kappa shape index (κ3) is 2.87. The van der Waals surface area contributed by atoms with Crippen LogP contribution in [0.2, 0.25) is 0 Å². The third-order valence-corrected chi connectivity index (χ3v) is 2.89. The van der Waals surface area contributed by atoms with E-state index in [0.717, 1.165) is 6.42 Å². The van der Waals surface area contributed by atoms with Crippen LogP contribution in [0.3, 0.4) is 0 Å². The molecule has 0 unspecified atom stereocenters. The minimum atomic E-state index is -1.08. The van der Waals surface area contributed by atoms with Crippen LogP contribution in [0.15, 0.2) is 30.3 Å². The monoisotopic (exact) mass is 249 g/mol. The summed E-state index contributed by atoms with van der Waals surface area (Å²) in [5, 5.41) is 11.7. The quantitative estimate of drug-likeness (QED) is 0.838. The van der Waals surface area contributed by atoms with Gasteiger partial charge in [-0.25, -0.2) is 4.79 Å². The molecular formula is C13H15NO4. The van der Waals surface area contributed by atoms with Crippen molar-refractivity contribution < 1.29 is 19.4 Å². The molecule has 1 aromatic rings. The predicted molar refractivity (Wildman–Crippen MR) is 63.9 cm³/mol. The fourth-order valence-electron chi connectivity index (χ4n) is 1.95. The summed E-state index contributed by atoms with van der Waals surface area (Å²) in [5.74, 6) is -1.43. The van der Waals surface area contributed by atoms with E-state index in [4.69, 9.17) is 9.84 Å². The number of amides is 1. The van der Waals surface area contributed by atoms with Crippen molar-refractivity contribution in [2.45, 2.75) is 25.0 Å². The zero-order valence-corrected chi connectivity index (χ0v) is 9.83. The number of nitrogens with one attached hydrogen (secondary N) is 1. The zero-order chi connectivity index (χ0) is 13.0. The van der Waals surface area contributed by atoms with E-state index >= 15 is 0 Å². The zero-order valence-electron chi connectivity index (χ0n) is 9.83. The molecule has 2 rings (SSSR count). The lowest BCUT2D eigenvalue weighted by molar-refractivity contribution is -0.143. The minimum Gasteiger partial charge on any atom is -0.479 e. The first kappa shape index (κ1) is 12.6. The summed E-state index contributed by atoms with van der Waals surface area (Å²) < 4.78 is 5.23. The normalized spacial score (nSPS) is 20.3. The number of carbonyl (C=O) groups is 2. The summed E-state index contributed by atoms with van der Waals surface area (Å²) in [7, 11) is 0. The lowest BCUT2D eigenvalue weighted by Gasteiger charge is -2.17. The Morgan fingerprint density at radius 2 is 2.06 bits per heavy atom. The summed E-state index contributed by atoms with van der Waals surface area (Å²) in [6.07, 6.45) is 0.962. The molecule has 0 aliphatic carbocycles. The average molecular weight is 249 g/mol. The minimum absolute atomic E-state index is 0.358. The van der Waals surface area contributed by atoms with E-state index in [9.17, 15) is 9.59 Å². The van der Waals surface area contributed by atoms with Gasteiger partial charge in [-0.15, -0.1) is 0 Å². The first-order chi connectivity index (χ1) is 8.68. The van der Waals surface area contributed by atoms with Gasteiger partial charge in [-0.1, -0.05) is 30.3 Å². The van der Waals surface area contributed by atoms with Gasteiger partial charge in [0.1, 0.15) is 6.10 Å². The first-order valence-corrected chi connectivity index (χ1v) is 5.88. The number of carbonyl (C=O) groups excluding carboxylic acids is 1. The van der Waals surface area contributed by atoms with Crippen LogP contribution < -0.4 is 5.32 Å². The van der Waals surface area contributed by atoms with E-state index < -0.39 is 18.1 Å². The summed E-state index contributed by atoms with van der Waals surface area (Å²) >= 11 is 0. The molecule has 96 valence electrons. The average Bonchev–Trinajstić information content (AvgIpc) is 2.90. The van der Waals surface area contributed by atoms with Gasteiger partial charge in [0.15, 0.2) is 6.04 Å². The number of ether oxygens (including phenoxy) is 1. The largest absolute Gasteiger partial charge is 0.479 e. The Morgan fingerprint density at radius 3 is 2.61 bits per heavy atom. The number of carboxylic acids is 1. The van der Waals surface area contributed by atoms with Crippen molar-refractivity contribution in [2.24, 2.45) is 0 Å². The highest BCUT2D eigenvalue weighted by Crippen LogP contribution is 2.16. The molecule has 0 aromatic heterocycles. The summed E-state index contributed by atoms with van der Waals surface area (Å²) in [5.41, 5.74) is 0.552. The highest BCUT2D eigenvalue weighted by atomic mass is 16.5. The van der Waals surface area contributed by atoms with Gasteiger partial charge in [0.2, 0.25) is 5.91 Å². The number of benzene rings is 1. The van der Waals surface area contributed by atoms with Crippen LogP contribution in [0.25, 0.3) is 0 Å². The van der Waals surface area contributed by atoms with Crippen molar-refractivity contribution in [3.8, 4) is 0 Å². The fourth-order valence-corrected chi connectivity index (χ4v) is 1.95. The molecule has 0 radical (unpaired) electrons. The van der Waals surface area contributed by atoms with E-state index in [-0.39, 0.29) is 5.91 Å². The SMILES string of the molecule is O=C(N[C@@H](C(=O)O)c1ccccc1)[C@@H]1CCCO1. The van der Waals surface area contributed by atoms with Crippen molar-refractivity contribution in [2.75, 3.05) is 6.61 Å². The lowest BCUT2D eigenvalue weighted by Crippen LogP contribution is -2.39. The van der Waals surface area contributed by atoms with Crippen LogP contribution in [-0.4, -0.2) is 29.7 Å². The molecule has 1 heterocycles. The second-order valence-electron chi connectivity index (χ2n) is 4.19. The third-order valence-electron chi connectivity index (χ3n) is 2.89. The van der Waals surface area contributed by atoms with Crippen LogP contribution >= 0.6 is 0 Å². The molecule has 1 aliphatic heterocycles. The van der Waals surface area contributed by atoms with E-state index in [1.165, 1.54) is 0 Å². The Kier molecular flexibility index (Phi) is 3.94. The predicted octanol–water partition coefficient (Wildman–Crippen LogP) is 1.11. The van der Waals surface area contributed by atoms with Crippen LogP contribution in [0.1, 0.15) is 24.4 Å². The van der Waals surface area contributed by atoms with Crippen LogP contribution in [0.4, 0.5) is 0 Å². The van der Waals surface area contributed by atoms with E-state index in [0.29, 0.717) is 18.6 Å². The van der Waals surface area contributed by atoms with Crippen LogP contribution in [-0.2, 0) is 14.3 Å². The van der Waals surface area contributed by atoms with Crippen molar-refractivity contribution in [3.05, 3.63) is 35.9 Å². The van der Waals surface area contributed by atoms with Crippen molar-refractivity contribution in [3.63, 3.8) is 0 Å². The highest BCUT2D eigenvalue weighted by molar-refractivity contribution is 5.87. The molecule has 1 aromatic carbocycles. The lowest BCUT2D eigenvalue weighted by atomic mass is 10.1. The number of aliphatic carboxylic acids is 1. The number of carboxylic acid groups (broad SMARTS) is 1. The number of hydrogen-bond donors (Lipinski definition) is 2.